The number of aliphatic imine (C=N–C) groups is 1. The van der Waals surface area contributed by atoms with Crippen molar-refractivity contribution in [2.45, 2.75) is 39.2 Å². The fourth-order valence-electron chi connectivity index (χ4n) is 3.34. The third-order valence-corrected chi connectivity index (χ3v) is 5.18. The summed E-state index contributed by atoms with van der Waals surface area (Å²) < 4.78 is 0. The molecule has 2 saturated carbocycles. The molecule has 1 aromatic rings. The molecule has 0 radical (unpaired) electrons. The first-order valence-electron chi connectivity index (χ1n) is 8.11. The largest absolute Gasteiger partial charge is 0.356 e. The number of rotatable bonds is 5. The Hall–Kier alpha value is -0.780. The molecule has 3 nitrogen and oxygen atoms in total. The summed E-state index contributed by atoms with van der Waals surface area (Å²) in [5.74, 6) is 2.01. The second-order valence-electron chi connectivity index (χ2n) is 6.82. The molecule has 4 heteroatoms. The Morgan fingerprint density at radius 3 is 2.55 bits per heavy atom. The minimum atomic E-state index is 0. The minimum absolute atomic E-state index is 0. The number of hydrogen-bond donors (Lipinski definition) is 1. The monoisotopic (exact) mass is 413 g/mol. The maximum Gasteiger partial charge on any atom is 0.193 e. The van der Waals surface area contributed by atoms with Crippen molar-refractivity contribution in [3.8, 4) is 0 Å². The number of nitrogens with zero attached hydrogens (tertiary/aromatic N) is 2. The van der Waals surface area contributed by atoms with Crippen molar-refractivity contribution in [1.29, 1.82) is 0 Å². The normalized spacial score (nSPS) is 19.3. The fraction of sp³-hybridized carbons (Fsp3) is 0.611. The van der Waals surface area contributed by atoms with E-state index >= 15 is 0 Å². The Bertz CT molecular complexity index is 533. The molecule has 0 spiro atoms. The predicted molar refractivity (Wildman–Crippen MR) is 104 cm³/mol. The highest BCUT2D eigenvalue weighted by Crippen LogP contribution is 2.60. The van der Waals surface area contributed by atoms with Gasteiger partial charge in [-0.2, -0.15) is 0 Å². The molecule has 2 fully saturated rings. The highest BCUT2D eigenvalue weighted by Gasteiger charge is 2.53. The van der Waals surface area contributed by atoms with Crippen LogP contribution < -0.4 is 5.32 Å². The van der Waals surface area contributed by atoms with Crippen LogP contribution in [0.3, 0.4) is 0 Å². The Balaban J connectivity index is 0.00000176. The Labute approximate surface area is 151 Å². The Morgan fingerprint density at radius 2 is 2.00 bits per heavy atom. The zero-order valence-electron chi connectivity index (χ0n) is 13.9. The van der Waals surface area contributed by atoms with Gasteiger partial charge in [-0.1, -0.05) is 24.3 Å². The molecule has 0 aromatic heterocycles. The minimum Gasteiger partial charge on any atom is -0.356 e. The van der Waals surface area contributed by atoms with E-state index < -0.39 is 0 Å². The average Bonchev–Trinajstić information content (AvgIpc) is 3.35. The third kappa shape index (κ3) is 3.94. The molecule has 0 atom stereocenters. The van der Waals surface area contributed by atoms with Crippen LogP contribution in [0, 0.1) is 18.3 Å². The zero-order chi connectivity index (χ0) is 14.9. The lowest BCUT2D eigenvalue weighted by molar-refractivity contribution is 0.409. The summed E-state index contributed by atoms with van der Waals surface area (Å²) in [7, 11) is 4.01. The van der Waals surface area contributed by atoms with E-state index in [0.29, 0.717) is 5.41 Å². The van der Waals surface area contributed by atoms with Crippen LogP contribution in [0.2, 0.25) is 0 Å². The van der Waals surface area contributed by atoms with Crippen LogP contribution in [0.4, 0.5) is 0 Å². The van der Waals surface area contributed by atoms with Crippen LogP contribution >= 0.6 is 24.0 Å². The van der Waals surface area contributed by atoms with Crippen molar-refractivity contribution in [2.24, 2.45) is 16.3 Å². The predicted octanol–water partition coefficient (Wildman–Crippen LogP) is 3.81. The SMILES string of the molecule is CN=C(NCC1(C2CC2)CC1)N(C)Cc1ccccc1C.I. The van der Waals surface area contributed by atoms with Gasteiger partial charge in [-0.15, -0.1) is 24.0 Å². The van der Waals surface area contributed by atoms with Gasteiger partial charge >= 0.3 is 0 Å². The van der Waals surface area contributed by atoms with E-state index in [4.69, 9.17) is 0 Å². The van der Waals surface area contributed by atoms with Gasteiger partial charge < -0.3 is 10.2 Å². The van der Waals surface area contributed by atoms with Crippen LogP contribution in [0.1, 0.15) is 36.8 Å². The van der Waals surface area contributed by atoms with Gasteiger partial charge in [0.1, 0.15) is 0 Å². The summed E-state index contributed by atoms with van der Waals surface area (Å²) in [5.41, 5.74) is 3.32. The first-order valence-corrected chi connectivity index (χ1v) is 8.11. The van der Waals surface area contributed by atoms with E-state index in [2.05, 4.69) is 53.4 Å². The molecule has 0 aliphatic heterocycles. The molecule has 1 N–H and O–H groups in total. The zero-order valence-corrected chi connectivity index (χ0v) is 16.3. The lowest BCUT2D eigenvalue weighted by atomic mass is 10.0. The summed E-state index contributed by atoms with van der Waals surface area (Å²) >= 11 is 0. The molecule has 3 rings (SSSR count). The van der Waals surface area contributed by atoms with E-state index in [9.17, 15) is 0 Å². The molecule has 22 heavy (non-hydrogen) atoms. The van der Waals surface area contributed by atoms with Crippen molar-refractivity contribution in [2.75, 3.05) is 20.6 Å². The van der Waals surface area contributed by atoms with Crippen LogP contribution in [-0.2, 0) is 6.54 Å². The van der Waals surface area contributed by atoms with Gasteiger partial charge in [0, 0.05) is 27.2 Å². The van der Waals surface area contributed by atoms with Crippen molar-refractivity contribution >= 4 is 29.9 Å². The van der Waals surface area contributed by atoms with Gasteiger partial charge in [-0.25, -0.2) is 0 Å². The number of hydrogen-bond acceptors (Lipinski definition) is 1. The molecule has 2 aliphatic rings. The van der Waals surface area contributed by atoms with Gasteiger partial charge in [-0.3, -0.25) is 4.99 Å². The van der Waals surface area contributed by atoms with Crippen molar-refractivity contribution in [3.05, 3.63) is 35.4 Å². The highest BCUT2D eigenvalue weighted by atomic mass is 127. The molecular formula is C18H28IN3. The van der Waals surface area contributed by atoms with Crippen LogP contribution in [0.25, 0.3) is 0 Å². The molecular weight excluding hydrogens is 385 g/mol. The standard InChI is InChI=1S/C18H27N3.HI/c1-14-6-4-5-7-15(14)12-21(3)17(19-2)20-13-18(10-11-18)16-8-9-16;/h4-7,16H,8-13H2,1-3H3,(H,19,20);1H. The maximum atomic E-state index is 4.46. The average molecular weight is 413 g/mol. The van der Waals surface area contributed by atoms with Gasteiger partial charge in [0.05, 0.1) is 0 Å². The molecule has 0 amide bonds. The summed E-state index contributed by atoms with van der Waals surface area (Å²) in [6.07, 6.45) is 5.70. The van der Waals surface area contributed by atoms with E-state index in [-0.39, 0.29) is 24.0 Å². The summed E-state index contributed by atoms with van der Waals surface area (Å²) in [4.78, 5) is 6.68. The second-order valence-corrected chi connectivity index (χ2v) is 6.82. The molecule has 0 heterocycles. The van der Waals surface area contributed by atoms with E-state index in [1.807, 2.05) is 7.05 Å². The molecule has 0 bridgehead atoms. The summed E-state index contributed by atoms with van der Waals surface area (Å²) in [5, 5.41) is 3.61. The Kier molecular flexibility index (Phi) is 5.75. The first-order chi connectivity index (χ1) is 10.1. The number of aryl methyl sites for hydroxylation is 1. The molecule has 1 aromatic carbocycles. The summed E-state index contributed by atoms with van der Waals surface area (Å²) in [6, 6.07) is 8.58. The second kappa shape index (κ2) is 7.20. The number of nitrogens with one attached hydrogen (secondary N) is 1. The Morgan fingerprint density at radius 1 is 1.32 bits per heavy atom. The number of halogens is 1. The molecule has 122 valence electrons. The van der Waals surface area contributed by atoms with Crippen LogP contribution in [-0.4, -0.2) is 31.5 Å². The van der Waals surface area contributed by atoms with E-state index in [1.165, 1.54) is 36.8 Å². The highest BCUT2D eigenvalue weighted by molar-refractivity contribution is 14.0. The van der Waals surface area contributed by atoms with Crippen molar-refractivity contribution in [1.82, 2.24) is 10.2 Å². The molecule has 0 saturated heterocycles. The van der Waals surface area contributed by atoms with E-state index in [0.717, 1.165) is 25.0 Å². The smallest absolute Gasteiger partial charge is 0.193 e. The molecule has 2 aliphatic carbocycles. The number of benzene rings is 1. The number of guanidine groups is 1. The quantitative estimate of drug-likeness (QED) is 0.452. The first kappa shape index (κ1) is 17.6. The van der Waals surface area contributed by atoms with Gasteiger partial charge in [-0.05, 0) is 55.1 Å². The van der Waals surface area contributed by atoms with Gasteiger partial charge in [0.25, 0.3) is 0 Å². The van der Waals surface area contributed by atoms with Crippen LogP contribution in [0.5, 0.6) is 0 Å². The third-order valence-electron chi connectivity index (χ3n) is 5.18. The van der Waals surface area contributed by atoms with Gasteiger partial charge in [0.15, 0.2) is 5.96 Å². The maximum absolute atomic E-state index is 4.46. The van der Waals surface area contributed by atoms with Crippen molar-refractivity contribution < 1.29 is 0 Å². The van der Waals surface area contributed by atoms with E-state index in [1.54, 1.807) is 0 Å². The van der Waals surface area contributed by atoms with Crippen LogP contribution in [0.15, 0.2) is 29.3 Å². The lowest BCUT2D eigenvalue weighted by Gasteiger charge is -2.25. The lowest BCUT2D eigenvalue weighted by Crippen LogP contribution is -2.41. The topological polar surface area (TPSA) is 27.6 Å². The van der Waals surface area contributed by atoms with Crippen molar-refractivity contribution in [3.63, 3.8) is 0 Å². The summed E-state index contributed by atoms with van der Waals surface area (Å²) in [6.45, 7) is 4.18. The van der Waals surface area contributed by atoms with Gasteiger partial charge in [0.2, 0.25) is 0 Å². The molecule has 0 unspecified atom stereocenters. The fourth-order valence-corrected chi connectivity index (χ4v) is 3.34.